The van der Waals surface area contributed by atoms with E-state index < -0.39 is 0 Å². The van der Waals surface area contributed by atoms with Crippen molar-refractivity contribution in [3.63, 3.8) is 0 Å². The minimum Gasteiger partial charge on any atom is -0.455 e. The number of nitriles is 1. The molecule has 0 bridgehead atoms. The van der Waals surface area contributed by atoms with Gasteiger partial charge in [-0.25, -0.2) is 9.98 Å². The summed E-state index contributed by atoms with van der Waals surface area (Å²) in [6.07, 6.45) is 3.86. The predicted molar refractivity (Wildman–Crippen MR) is 190 cm³/mol. The number of aliphatic imine (C=N–C) groups is 2. The van der Waals surface area contributed by atoms with Crippen LogP contribution in [0.4, 0.5) is 0 Å². The van der Waals surface area contributed by atoms with E-state index in [0.717, 1.165) is 66.6 Å². The lowest BCUT2D eigenvalue weighted by Gasteiger charge is -2.12. The van der Waals surface area contributed by atoms with Gasteiger partial charge in [0.05, 0.1) is 17.3 Å². The second-order valence-corrected chi connectivity index (χ2v) is 10.9. The summed E-state index contributed by atoms with van der Waals surface area (Å²) < 4.78 is 6.48. The molecular formula is C42H29N3O. The molecule has 0 N–H and O–H groups in total. The van der Waals surface area contributed by atoms with E-state index in [1.54, 1.807) is 0 Å². The molecule has 7 rings (SSSR count). The molecule has 0 saturated carbocycles. The van der Waals surface area contributed by atoms with Gasteiger partial charge in [0, 0.05) is 28.1 Å². The zero-order valence-corrected chi connectivity index (χ0v) is 25.3. The van der Waals surface area contributed by atoms with Gasteiger partial charge in [-0.15, -0.1) is 0 Å². The number of fused-ring (bicyclic) bond motifs is 3. The standard InChI is InChI=1S/C42H29N3O/c1-2-38(32-13-7-4-8-14-32)45-42(44-28-30-11-5-3-6-12-30)34-23-21-31(22-24-34)35-25-26-37-36-15-9-10-16-39(36)46-41(37)40(35)33-19-17-29(27-43)18-20-33/h2-26,28H,1H3/b38-2+,44-28?,45-42?. The van der Waals surface area contributed by atoms with Gasteiger partial charge >= 0.3 is 0 Å². The average Bonchev–Trinajstić information content (AvgIpc) is 3.51. The molecule has 0 aliphatic carbocycles. The lowest BCUT2D eigenvalue weighted by molar-refractivity contribution is 0.670. The normalized spacial score (nSPS) is 12.2. The Morgan fingerprint density at radius 3 is 2.04 bits per heavy atom. The van der Waals surface area contributed by atoms with E-state index >= 15 is 0 Å². The first-order valence-corrected chi connectivity index (χ1v) is 15.2. The van der Waals surface area contributed by atoms with Crippen molar-refractivity contribution in [2.75, 3.05) is 0 Å². The largest absolute Gasteiger partial charge is 0.455 e. The van der Waals surface area contributed by atoms with Crippen LogP contribution in [0.3, 0.4) is 0 Å². The highest BCUT2D eigenvalue weighted by Crippen LogP contribution is 2.42. The fourth-order valence-electron chi connectivity index (χ4n) is 5.69. The van der Waals surface area contributed by atoms with E-state index in [1.165, 1.54) is 0 Å². The number of hydrogen-bond donors (Lipinski definition) is 0. The van der Waals surface area contributed by atoms with Crippen molar-refractivity contribution in [3.05, 3.63) is 174 Å². The Labute approximate surface area is 268 Å². The summed E-state index contributed by atoms with van der Waals surface area (Å²) in [4.78, 5) is 9.91. The van der Waals surface area contributed by atoms with Gasteiger partial charge in [-0.3, -0.25) is 0 Å². The highest BCUT2D eigenvalue weighted by Gasteiger charge is 2.18. The average molecular weight is 592 g/mol. The van der Waals surface area contributed by atoms with Crippen LogP contribution < -0.4 is 0 Å². The van der Waals surface area contributed by atoms with Gasteiger partial charge in [-0.1, -0.05) is 127 Å². The molecule has 0 unspecified atom stereocenters. The molecule has 0 fully saturated rings. The van der Waals surface area contributed by atoms with E-state index in [1.807, 2.05) is 110 Å². The summed E-state index contributed by atoms with van der Waals surface area (Å²) >= 11 is 0. The van der Waals surface area contributed by atoms with Crippen molar-refractivity contribution in [1.29, 1.82) is 5.26 Å². The van der Waals surface area contributed by atoms with Crippen molar-refractivity contribution >= 4 is 39.7 Å². The third-order valence-electron chi connectivity index (χ3n) is 8.01. The fraction of sp³-hybridized carbons (Fsp3) is 0.0238. The smallest absolute Gasteiger partial charge is 0.159 e. The summed E-state index contributed by atoms with van der Waals surface area (Å²) in [7, 11) is 0. The lowest BCUT2D eigenvalue weighted by Crippen LogP contribution is -2.00. The molecule has 0 spiro atoms. The van der Waals surface area contributed by atoms with Gasteiger partial charge in [-0.05, 0) is 59.0 Å². The zero-order chi connectivity index (χ0) is 31.3. The van der Waals surface area contributed by atoms with Gasteiger partial charge in [0.15, 0.2) is 5.84 Å². The van der Waals surface area contributed by atoms with E-state index in [-0.39, 0.29) is 0 Å². The van der Waals surface area contributed by atoms with Crippen molar-refractivity contribution < 1.29 is 4.42 Å². The van der Waals surface area contributed by atoms with Crippen LogP contribution in [0.25, 0.3) is 49.9 Å². The molecule has 1 aromatic heterocycles. The van der Waals surface area contributed by atoms with Crippen LogP contribution in [-0.2, 0) is 0 Å². The van der Waals surface area contributed by atoms with E-state index in [4.69, 9.17) is 14.4 Å². The van der Waals surface area contributed by atoms with Crippen LogP contribution >= 0.6 is 0 Å². The van der Waals surface area contributed by atoms with Crippen LogP contribution in [0.1, 0.15) is 29.2 Å². The molecule has 0 aliphatic heterocycles. The first-order valence-electron chi connectivity index (χ1n) is 15.2. The number of hydrogen-bond acceptors (Lipinski definition) is 3. The molecule has 4 nitrogen and oxygen atoms in total. The number of para-hydroxylation sites is 1. The minimum atomic E-state index is 0.616. The van der Waals surface area contributed by atoms with Crippen molar-refractivity contribution in [3.8, 4) is 28.3 Å². The number of furan rings is 1. The van der Waals surface area contributed by atoms with Gasteiger partial charge in [0.1, 0.15) is 11.2 Å². The fourth-order valence-corrected chi connectivity index (χ4v) is 5.69. The van der Waals surface area contributed by atoms with Crippen molar-refractivity contribution in [2.45, 2.75) is 6.92 Å². The lowest BCUT2D eigenvalue weighted by atomic mass is 9.91. The highest BCUT2D eigenvalue weighted by molar-refractivity contribution is 6.13. The molecule has 6 aromatic carbocycles. The van der Waals surface area contributed by atoms with Crippen molar-refractivity contribution in [1.82, 2.24) is 0 Å². The maximum atomic E-state index is 9.42. The maximum absolute atomic E-state index is 9.42. The van der Waals surface area contributed by atoms with E-state index in [0.29, 0.717) is 11.4 Å². The summed E-state index contributed by atoms with van der Waals surface area (Å²) in [6.45, 7) is 1.99. The Morgan fingerprint density at radius 1 is 0.652 bits per heavy atom. The summed E-state index contributed by atoms with van der Waals surface area (Å²) in [5.41, 5.74) is 10.1. The van der Waals surface area contributed by atoms with Crippen LogP contribution in [0.5, 0.6) is 0 Å². The van der Waals surface area contributed by atoms with E-state index in [9.17, 15) is 5.26 Å². The molecule has 4 heteroatoms. The van der Waals surface area contributed by atoms with Crippen LogP contribution in [0.2, 0.25) is 0 Å². The number of rotatable bonds is 6. The minimum absolute atomic E-state index is 0.616. The quantitative estimate of drug-likeness (QED) is 0.143. The van der Waals surface area contributed by atoms with Crippen LogP contribution in [-0.4, -0.2) is 12.1 Å². The molecule has 0 amide bonds. The topological polar surface area (TPSA) is 61.6 Å². The predicted octanol–water partition coefficient (Wildman–Crippen LogP) is 10.7. The number of allylic oxidation sites excluding steroid dienone is 1. The Balaban J connectivity index is 1.35. The third-order valence-corrected chi connectivity index (χ3v) is 8.01. The molecule has 218 valence electrons. The molecule has 0 radical (unpaired) electrons. The zero-order valence-electron chi connectivity index (χ0n) is 25.3. The third kappa shape index (κ3) is 5.66. The molecule has 46 heavy (non-hydrogen) atoms. The second kappa shape index (κ2) is 12.7. The second-order valence-electron chi connectivity index (χ2n) is 10.9. The highest BCUT2D eigenvalue weighted by atomic mass is 16.3. The maximum Gasteiger partial charge on any atom is 0.159 e. The SMILES string of the molecule is C/C=C(/N=C(N=Cc1ccccc1)c1ccc(-c2ccc3c(oc4ccccc43)c2-c2ccc(C#N)cc2)cc1)c1ccccc1. The number of nitrogens with zero attached hydrogens (tertiary/aromatic N) is 3. The first-order chi connectivity index (χ1) is 22.7. The van der Waals surface area contributed by atoms with Crippen molar-refractivity contribution in [2.24, 2.45) is 9.98 Å². The number of benzene rings is 6. The summed E-state index contributed by atoms with van der Waals surface area (Å²) in [5, 5.41) is 11.5. The summed E-state index contributed by atoms with van der Waals surface area (Å²) in [5.74, 6) is 0.618. The Hall–Kier alpha value is -6.31. The van der Waals surface area contributed by atoms with Gasteiger partial charge in [0.2, 0.25) is 0 Å². The Kier molecular flexibility index (Phi) is 7.88. The van der Waals surface area contributed by atoms with Crippen LogP contribution in [0, 0.1) is 11.3 Å². The molecule has 1 heterocycles. The Morgan fingerprint density at radius 2 is 1.33 bits per heavy atom. The Bertz CT molecular complexity index is 2290. The first kappa shape index (κ1) is 28.5. The molecular weight excluding hydrogens is 562 g/mol. The monoisotopic (exact) mass is 591 g/mol. The molecule has 7 aromatic rings. The molecule has 0 saturated heterocycles. The molecule has 0 aliphatic rings. The van der Waals surface area contributed by atoms with Crippen LogP contribution in [0.15, 0.2) is 166 Å². The van der Waals surface area contributed by atoms with Gasteiger partial charge < -0.3 is 4.42 Å². The summed E-state index contributed by atoms with van der Waals surface area (Å²) in [6, 6.07) is 50.8. The van der Waals surface area contributed by atoms with E-state index in [2.05, 4.69) is 60.7 Å². The van der Waals surface area contributed by atoms with Gasteiger partial charge in [-0.2, -0.15) is 5.26 Å². The molecule has 0 atom stereocenters. The number of amidine groups is 1. The van der Waals surface area contributed by atoms with Gasteiger partial charge in [0.25, 0.3) is 0 Å².